The molecule has 0 aliphatic heterocycles. The van der Waals surface area contributed by atoms with E-state index in [9.17, 15) is 16.8 Å². The van der Waals surface area contributed by atoms with Crippen molar-refractivity contribution in [2.45, 2.75) is 37.5 Å². The number of sulfonamides is 2. The molecule has 0 fully saturated rings. The Morgan fingerprint density at radius 3 is 2.06 bits per heavy atom. The van der Waals surface area contributed by atoms with Crippen LogP contribution in [0.3, 0.4) is 0 Å². The highest BCUT2D eigenvalue weighted by molar-refractivity contribution is 7.93. The van der Waals surface area contributed by atoms with E-state index in [0.717, 1.165) is 11.1 Å². The highest BCUT2D eigenvalue weighted by atomic mass is 35.5. The number of rotatable bonds is 6. The molecule has 6 nitrogen and oxygen atoms in total. The molecule has 0 aliphatic carbocycles. The van der Waals surface area contributed by atoms with Crippen LogP contribution in [0.1, 0.15) is 22.3 Å². The van der Waals surface area contributed by atoms with Crippen molar-refractivity contribution >= 4 is 43.0 Å². The predicted molar refractivity (Wildman–Crippen MR) is 125 cm³/mol. The van der Waals surface area contributed by atoms with Gasteiger partial charge in [-0.2, -0.15) is 0 Å². The first-order chi connectivity index (χ1) is 14.4. The Bertz CT molecular complexity index is 1370. The van der Waals surface area contributed by atoms with Crippen molar-refractivity contribution in [1.82, 2.24) is 0 Å². The lowest BCUT2D eigenvalue weighted by Gasteiger charge is -2.15. The Kier molecular flexibility index (Phi) is 6.36. The van der Waals surface area contributed by atoms with Gasteiger partial charge in [-0.3, -0.25) is 9.44 Å². The van der Waals surface area contributed by atoms with Crippen LogP contribution in [0.25, 0.3) is 0 Å². The molecule has 0 aromatic heterocycles. The smallest absolute Gasteiger partial charge is 0.262 e. The van der Waals surface area contributed by atoms with Crippen LogP contribution in [0.5, 0.6) is 0 Å². The van der Waals surface area contributed by atoms with E-state index in [2.05, 4.69) is 9.44 Å². The van der Waals surface area contributed by atoms with Gasteiger partial charge in [-0.1, -0.05) is 41.4 Å². The third-order valence-electron chi connectivity index (χ3n) is 4.90. The number of benzene rings is 3. The van der Waals surface area contributed by atoms with Crippen molar-refractivity contribution in [3.05, 3.63) is 81.9 Å². The van der Waals surface area contributed by atoms with E-state index < -0.39 is 20.0 Å². The van der Waals surface area contributed by atoms with Gasteiger partial charge in [0.05, 0.1) is 21.2 Å². The number of halogens is 1. The molecular weight excluding hydrogens is 456 g/mol. The molecule has 0 aliphatic rings. The standard InChI is InChI=1S/C22H23ClN2O4S2/c1-14-8-11-20(16(3)12-14)24-30(26,27)18-10-9-15(2)21(13-18)25-31(28,29)22-7-5-6-19(23)17(22)4/h5-13,24-25H,1-4H3. The maximum Gasteiger partial charge on any atom is 0.262 e. The second kappa shape index (κ2) is 8.53. The summed E-state index contributed by atoms with van der Waals surface area (Å²) in [6.45, 7) is 7.03. The Balaban J connectivity index is 1.97. The van der Waals surface area contributed by atoms with Gasteiger partial charge in [0, 0.05) is 5.02 Å². The largest absolute Gasteiger partial charge is 0.279 e. The zero-order valence-corrected chi connectivity index (χ0v) is 19.9. The summed E-state index contributed by atoms with van der Waals surface area (Å²) in [5.74, 6) is 0. The lowest BCUT2D eigenvalue weighted by atomic mass is 10.1. The van der Waals surface area contributed by atoms with Crippen molar-refractivity contribution in [1.29, 1.82) is 0 Å². The Morgan fingerprint density at radius 1 is 0.710 bits per heavy atom. The number of aryl methyl sites for hydroxylation is 3. The molecule has 9 heteroatoms. The van der Waals surface area contributed by atoms with Crippen LogP contribution >= 0.6 is 11.6 Å². The van der Waals surface area contributed by atoms with Gasteiger partial charge < -0.3 is 0 Å². The number of hydrogen-bond acceptors (Lipinski definition) is 4. The van der Waals surface area contributed by atoms with Crippen molar-refractivity contribution < 1.29 is 16.8 Å². The van der Waals surface area contributed by atoms with E-state index in [1.807, 2.05) is 26.0 Å². The first kappa shape index (κ1) is 23.1. The molecule has 3 aromatic rings. The van der Waals surface area contributed by atoms with Crippen molar-refractivity contribution in [3.8, 4) is 0 Å². The van der Waals surface area contributed by atoms with E-state index in [0.29, 0.717) is 21.8 Å². The second-order valence-electron chi connectivity index (χ2n) is 7.37. The quantitative estimate of drug-likeness (QED) is 0.510. The number of anilines is 2. The summed E-state index contributed by atoms with van der Waals surface area (Å²) >= 11 is 6.06. The van der Waals surface area contributed by atoms with Crippen molar-refractivity contribution in [3.63, 3.8) is 0 Å². The molecule has 0 unspecified atom stereocenters. The topological polar surface area (TPSA) is 92.3 Å². The summed E-state index contributed by atoms with van der Waals surface area (Å²) in [6.07, 6.45) is 0. The van der Waals surface area contributed by atoms with Gasteiger partial charge >= 0.3 is 0 Å². The average molecular weight is 479 g/mol. The van der Waals surface area contributed by atoms with Crippen LogP contribution in [0.15, 0.2) is 64.4 Å². The van der Waals surface area contributed by atoms with Crippen LogP contribution in [0.2, 0.25) is 5.02 Å². The monoisotopic (exact) mass is 478 g/mol. The molecular formula is C22H23ClN2O4S2. The Morgan fingerprint density at radius 2 is 1.39 bits per heavy atom. The van der Waals surface area contributed by atoms with Gasteiger partial charge in [-0.15, -0.1) is 0 Å². The van der Waals surface area contributed by atoms with Gasteiger partial charge in [0.25, 0.3) is 20.0 Å². The van der Waals surface area contributed by atoms with Crippen molar-refractivity contribution in [2.24, 2.45) is 0 Å². The fourth-order valence-electron chi connectivity index (χ4n) is 3.09. The number of nitrogens with one attached hydrogen (secondary N) is 2. The summed E-state index contributed by atoms with van der Waals surface area (Å²) < 4.78 is 56.8. The zero-order valence-electron chi connectivity index (χ0n) is 17.5. The van der Waals surface area contributed by atoms with E-state index >= 15 is 0 Å². The third-order valence-corrected chi connectivity index (χ3v) is 8.18. The first-order valence-electron chi connectivity index (χ1n) is 9.39. The summed E-state index contributed by atoms with van der Waals surface area (Å²) in [4.78, 5) is -0.0281. The minimum absolute atomic E-state index is 0.0288. The molecule has 0 bridgehead atoms. The Hall–Kier alpha value is -2.55. The fourth-order valence-corrected chi connectivity index (χ4v) is 5.87. The van der Waals surface area contributed by atoms with Crippen LogP contribution in [0.4, 0.5) is 11.4 Å². The highest BCUT2D eigenvalue weighted by Gasteiger charge is 2.22. The highest BCUT2D eigenvalue weighted by Crippen LogP contribution is 2.28. The van der Waals surface area contributed by atoms with E-state index in [-0.39, 0.29) is 15.5 Å². The minimum atomic E-state index is -3.97. The SMILES string of the molecule is Cc1ccc(NS(=O)(=O)c2ccc(C)c(NS(=O)(=O)c3cccc(Cl)c3C)c2)c(C)c1. The molecule has 2 N–H and O–H groups in total. The lowest BCUT2D eigenvalue weighted by molar-refractivity contribution is 0.598. The maximum atomic E-state index is 12.9. The zero-order chi connectivity index (χ0) is 23.0. The molecule has 0 saturated heterocycles. The summed E-state index contributed by atoms with van der Waals surface area (Å²) in [5, 5.41) is 0.327. The molecule has 0 heterocycles. The second-order valence-corrected chi connectivity index (χ2v) is 11.1. The molecule has 0 atom stereocenters. The van der Waals surface area contributed by atoms with E-state index in [1.54, 1.807) is 38.1 Å². The maximum absolute atomic E-state index is 12.9. The number of hydrogen-bond donors (Lipinski definition) is 2. The fraction of sp³-hybridized carbons (Fsp3) is 0.182. The molecule has 31 heavy (non-hydrogen) atoms. The average Bonchev–Trinajstić information content (AvgIpc) is 2.67. The molecule has 0 radical (unpaired) electrons. The lowest BCUT2D eigenvalue weighted by Crippen LogP contribution is -2.17. The van der Waals surface area contributed by atoms with Gasteiger partial charge in [-0.05, 0) is 74.7 Å². The van der Waals surface area contributed by atoms with Gasteiger partial charge in [0.1, 0.15) is 0 Å². The molecule has 3 aromatic carbocycles. The Labute approximate surface area is 188 Å². The summed E-state index contributed by atoms with van der Waals surface area (Å²) in [6, 6.07) is 14.3. The minimum Gasteiger partial charge on any atom is -0.279 e. The first-order valence-corrected chi connectivity index (χ1v) is 12.7. The van der Waals surface area contributed by atoms with Crippen LogP contribution in [0, 0.1) is 27.7 Å². The van der Waals surface area contributed by atoms with Crippen LogP contribution in [-0.4, -0.2) is 16.8 Å². The van der Waals surface area contributed by atoms with Crippen LogP contribution < -0.4 is 9.44 Å². The molecule has 0 amide bonds. The van der Waals surface area contributed by atoms with Gasteiger partial charge in [0.15, 0.2) is 0 Å². The van der Waals surface area contributed by atoms with Gasteiger partial charge in [-0.25, -0.2) is 16.8 Å². The van der Waals surface area contributed by atoms with Gasteiger partial charge in [0.2, 0.25) is 0 Å². The molecule has 0 saturated carbocycles. The summed E-state index contributed by atoms with van der Waals surface area (Å²) in [5.41, 5.74) is 3.42. The van der Waals surface area contributed by atoms with E-state index in [1.165, 1.54) is 18.2 Å². The molecule has 164 valence electrons. The predicted octanol–water partition coefficient (Wildman–Crippen LogP) is 5.18. The van der Waals surface area contributed by atoms with E-state index in [4.69, 9.17) is 11.6 Å². The third kappa shape index (κ3) is 5.03. The normalized spacial score (nSPS) is 11.9. The summed E-state index contributed by atoms with van der Waals surface area (Å²) in [7, 11) is -7.90. The van der Waals surface area contributed by atoms with Crippen LogP contribution in [-0.2, 0) is 20.0 Å². The van der Waals surface area contributed by atoms with Crippen molar-refractivity contribution in [2.75, 3.05) is 9.44 Å². The molecule has 3 rings (SSSR count). The molecule has 0 spiro atoms.